The number of carbonyl (C=O) groups is 1. The fourth-order valence-corrected chi connectivity index (χ4v) is 1.42. The van der Waals surface area contributed by atoms with Gasteiger partial charge in [-0.2, -0.15) is 0 Å². The van der Waals surface area contributed by atoms with Gasteiger partial charge in [0.25, 0.3) is 0 Å². The van der Waals surface area contributed by atoms with Crippen LogP contribution in [0.3, 0.4) is 0 Å². The average molecular weight is 205 g/mol. The van der Waals surface area contributed by atoms with Gasteiger partial charge in [0.2, 0.25) is 0 Å². The van der Waals surface area contributed by atoms with Crippen molar-refractivity contribution < 1.29 is 9.53 Å². The SMILES string of the molecule is COC(=O)CCCC#CC1=CC[CH]CC1. The van der Waals surface area contributed by atoms with Gasteiger partial charge in [-0.15, -0.1) is 0 Å². The fraction of sp³-hybridized carbons (Fsp3) is 0.538. The Morgan fingerprint density at radius 1 is 1.60 bits per heavy atom. The highest BCUT2D eigenvalue weighted by atomic mass is 16.5. The van der Waals surface area contributed by atoms with Gasteiger partial charge in [0.1, 0.15) is 0 Å². The molecule has 0 aromatic heterocycles. The molecule has 2 nitrogen and oxygen atoms in total. The van der Waals surface area contributed by atoms with Crippen LogP contribution in [0.1, 0.15) is 38.5 Å². The molecule has 15 heavy (non-hydrogen) atoms. The summed E-state index contributed by atoms with van der Waals surface area (Å²) in [5.41, 5.74) is 1.25. The van der Waals surface area contributed by atoms with Gasteiger partial charge < -0.3 is 4.74 Å². The Labute approximate surface area is 91.7 Å². The summed E-state index contributed by atoms with van der Waals surface area (Å²) < 4.78 is 4.54. The van der Waals surface area contributed by atoms with E-state index in [4.69, 9.17) is 0 Å². The van der Waals surface area contributed by atoms with Gasteiger partial charge in [0.05, 0.1) is 7.11 Å². The number of esters is 1. The highest BCUT2D eigenvalue weighted by molar-refractivity contribution is 5.69. The van der Waals surface area contributed by atoms with Crippen LogP contribution in [0.2, 0.25) is 0 Å². The van der Waals surface area contributed by atoms with Crippen molar-refractivity contribution >= 4 is 5.97 Å². The number of unbranched alkanes of at least 4 members (excludes halogenated alkanes) is 1. The van der Waals surface area contributed by atoms with E-state index in [9.17, 15) is 4.79 Å². The Morgan fingerprint density at radius 3 is 3.13 bits per heavy atom. The minimum atomic E-state index is -0.150. The van der Waals surface area contributed by atoms with E-state index < -0.39 is 0 Å². The third kappa shape index (κ3) is 5.27. The van der Waals surface area contributed by atoms with Crippen molar-refractivity contribution in [3.05, 3.63) is 18.1 Å². The second kappa shape index (κ2) is 7.11. The highest BCUT2D eigenvalue weighted by Gasteiger charge is 2.00. The smallest absolute Gasteiger partial charge is 0.305 e. The lowest BCUT2D eigenvalue weighted by molar-refractivity contribution is -0.140. The van der Waals surface area contributed by atoms with E-state index in [1.165, 1.54) is 12.7 Å². The van der Waals surface area contributed by atoms with Crippen molar-refractivity contribution in [1.29, 1.82) is 0 Å². The minimum Gasteiger partial charge on any atom is -0.469 e. The van der Waals surface area contributed by atoms with E-state index in [0.717, 1.165) is 32.1 Å². The first-order valence-electron chi connectivity index (χ1n) is 5.39. The molecule has 0 aromatic carbocycles. The van der Waals surface area contributed by atoms with Crippen LogP contribution < -0.4 is 0 Å². The van der Waals surface area contributed by atoms with Crippen molar-refractivity contribution in [3.8, 4) is 11.8 Å². The third-order valence-electron chi connectivity index (χ3n) is 2.31. The fourth-order valence-electron chi connectivity index (χ4n) is 1.42. The zero-order valence-electron chi connectivity index (χ0n) is 9.21. The van der Waals surface area contributed by atoms with E-state index in [2.05, 4.69) is 29.1 Å². The second-order valence-corrected chi connectivity index (χ2v) is 3.52. The molecule has 0 saturated carbocycles. The zero-order chi connectivity index (χ0) is 10.9. The Balaban J connectivity index is 2.16. The monoisotopic (exact) mass is 205 g/mol. The van der Waals surface area contributed by atoms with Crippen LogP contribution in [-0.2, 0) is 9.53 Å². The van der Waals surface area contributed by atoms with Crippen molar-refractivity contribution in [2.24, 2.45) is 0 Å². The molecule has 0 saturated heterocycles. The number of hydrogen-bond acceptors (Lipinski definition) is 2. The number of carbonyl (C=O) groups excluding carboxylic acids is 1. The lowest BCUT2D eigenvalue weighted by Crippen LogP contribution is -1.98. The second-order valence-electron chi connectivity index (χ2n) is 3.52. The van der Waals surface area contributed by atoms with Gasteiger partial charge in [-0.1, -0.05) is 17.9 Å². The van der Waals surface area contributed by atoms with Crippen LogP contribution in [-0.4, -0.2) is 13.1 Å². The normalized spacial score (nSPS) is 14.9. The van der Waals surface area contributed by atoms with Crippen LogP contribution >= 0.6 is 0 Å². The molecule has 1 aliphatic rings. The van der Waals surface area contributed by atoms with Gasteiger partial charge in [0, 0.05) is 12.8 Å². The first kappa shape index (κ1) is 11.8. The van der Waals surface area contributed by atoms with Crippen LogP contribution in [0.25, 0.3) is 0 Å². The lowest BCUT2D eigenvalue weighted by Gasteiger charge is -2.05. The van der Waals surface area contributed by atoms with Crippen molar-refractivity contribution in [2.45, 2.75) is 38.5 Å². The van der Waals surface area contributed by atoms with Crippen molar-refractivity contribution in [1.82, 2.24) is 0 Å². The Morgan fingerprint density at radius 2 is 2.47 bits per heavy atom. The van der Waals surface area contributed by atoms with Crippen LogP contribution in [0.4, 0.5) is 0 Å². The molecule has 2 heteroatoms. The molecular formula is C13H17O2. The summed E-state index contributed by atoms with van der Waals surface area (Å²) in [4.78, 5) is 10.8. The maximum absolute atomic E-state index is 10.8. The number of hydrogen-bond donors (Lipinski definition) is 0. The third-order valence-corrected chi connectivity index (χ3v) is 2.31. The van der Waals surface area contributed by atoms with Crippen LogP contribution in [0.15, 0.2) is 11.6 Å². The minimum absolute atomic E-state index is 0.150. The van der Waals surface area contributed by atoms with Gasteiger partial charge in [0.15, 0.2) is 0 Å². The van der Waals surface area contributed by atoms with E-state index in [0.29, 0.717) is 6.42 Å². The van der Waals surface area contributed by atoms with E-state index in [1.807, 2.05) is 0 Å². The van der Waals surface area contributed by atoms with Gasteiger partial charge in [-0.25, -0.2) is 0 Å². The Bertz CT molecular complexity index is 291. The number of allylic oxidation sites excluding steroid dienone is 2. The molecule has 0 aromatic rings. The summed E-state index contributed by atoms with van der Waals surface area (Å²) >= 11 is 0. The van der Waals surface area contributed by atoms with Crippen molar-refractivity contribution in [3.63, 3.8) is 0 Å². The summed E-state index contributed by atoms with van der Waals surface area (Å²) in [6.45, 7) is 0. The largest absolute Gasteiger partial charge is 0.469 e. The Hall–Kier alpha value is -1.23. The molecule has 81 valence electrons. The molecule has 0 spiro atoms. The first-order valence-corrected chi connectivity index (χ1v) is 5.39. The Kier molecular flexibility index (Phi) is 5.62. The topological polar surface area (TPSA) is 26.3 Å². The number of rotatable bonds is 3. The molecular weight excluding hydrogens is 188 g/mol. The van der Waals surface area contributed by atoms with Crippen LogP contribution in [0, 0.1) is 18.3 Å². The summed E-state index contributed by atoms with van der Waals surface area (Å²) in [7, 11) is 1.41. The lowest BCUT2D eigenvalue weighted by atomic mass is 10.00. The molecule has 0 aliphatic heterocycles. The molecule has 0 heterocycles. The summed E-state index contributed by atoms with van der Waals surface area (Å²) in [6, 6.07) is 0. The van der Waals surface area contributed by atoms with Gasteiger partial charge >= 0.3 is 5.97 Å². The molecule has 1 radical (unpaired) electrons. The maximum Gasteiger partial charge on any atom is 0.305 e. The number of methoxy groups -OCH3 is 1. The maximum atomic E-state index is 10.8. The first-order chi connectivity index (χ1) is 7.33. The molecule has 0 bridgehead atoms. The predicted molar refractivity (Wildman–Crippen MR) is 59.9 cm³/mol. The average Bonchev–Trinajstić information content (AvgIpc) is 2.29. The van der Waals surface area contributed by atoms with Gasteiger partial charge in [-0.05, 0) is 37.7 Å². The molecule has 0 amide bonds. The quantitative estimate of drug-likeness (QED) is 0.402. The van der Waals surface area contributed by atoms with E-state index in [-0.39, 0.29) is 5.97 Å². The van der Waals surface area contributed by atoms with E-state index >= 15 is 0 Å². The van der Waals surface area contributed by atoms with Crippen molar-refractivity contribution in [2.75, 3.05) is 7.11 Å². The molecule has 0 unspecified atom stereocenters. The summed E-state index contributed by atoms with van der Waals surface area (Å²) in [6.07, 6.45) is 9.74. The standard InChI is InChI=1S/C13H17O2/c1-15-13(14)11-7-3-6-10-12-8-4-2-5-9-12/h2,8H,3-5,7,9,11H2,1H3. The molecule has 1 aliphatic carbocycles. The molecule has 0 atom stereocenters. The zero-order valence-corrected chi connectivity index (χ0v) is 9.21. The summed E-state index contributed by atoms with van der Waals surface area (Å²) in [5, 5.41) is 0. The van der Waals surface area contributed by atoms with E-state index in [1.54, 1.807) is 0 Å². The molecule has 0 N–H and O–H groups in total. The highest BCUT2D eigenvalue weighted by Crippen LogP contribution is 2.15. The molecule has 0 fully saturated rings. The molecule has 1 rings (SSSR count). The summed E-state index contributed by atoms with van der Waals surface area (Å²) in [5.74, 6) is 6.10. The number of ether oxygens (including phenoxy) is 1. The van der Waals surface area contributed by atoms with Gasteiger partial charge in [-0.3, -0.25) is 4.79 Å². The van der Waals surface area contributed by atoms with Crippen LogP contribution in [0.5, 0.6) is 0 Å². The predicted octanol–water partition coefficient (Wildman–Crippen LogP) is 2.65.